The Hall–Kier alpha value is -1.58. The fraction of sp³-hybridized carbons (Fsp3) is 0.353. The second-order valence-corrected chi connectivity index (χ2v) is 5.21. The molecule has 0 radical (unpaired) electrons. The summed E-state index contributed by atoms with van der Waals surface area (Å²) < 4.78 is 0. The Kier molecular flexibility index (Phi) is 7.80. The van der Waals surface area contributed by atoms with Gasteiger partial charge in [0.2, 0.25) is 5.91 Å². The van der Waals surface area contributed by atoms with Gasteiger partial charge in [-0.3, -0.25) is 4.79 Å². The predicted octanol–water partition coefficient (Wildman–Crippen LogP) is 3.58. The van der Waals surface area contributed by atoms with Crippen LogP contribution in [-0.2, 0) is 4.79 Å². The summed E-state index contributed by atoms with van der Waals surface area (Å²) in [6.45, 7) is 10.8. The van der Waals surface area contributed by atoms with E-state index in [2.05, 4.69) is 25.4 Å². The second kappa shape index (κ2) is 9.37. The Morgan fingerprint density at radius 2 is 2.05 bits per heavy atom. The van der Waals surface area contributed by atoms with Crippen LogP contribution < -0.4 is 5.32 Å². The number of amides is 1. The van der Waals surface area contributed by atoms with Gasteiger partial charge in [-0.2, -0.15) is 0 Å². The molecule has 1 atom stereocenters. The van der Waals surface area contributed by atoms with E-state index in [-0.39, 0.29) is 18.5 Å². The molecule has 0 saturated carbocycles. The predicted molar refractivity (Wildman–Crippen MR) is 89.5 cm³/mol. The largest absolute Gasteiger partial charge is 0.334 e. The van der Waals surface area contributed by atoms with E-state index in [0.29, 0.717) is 18.1 Å². The van der Waals surface area contributed by atoms with E-state index in [9.17, 15) is 4.79 Å². The second-order valence-electron chi connectivity index (χ2n) is 4.77. The van der Waals surface area contributed by atoms with Crippen LogP contribution in [0.5, 0.6) is 0 Å². The van der Waals surface area contributed by atoms with Crippen LogP contribution in [0.3, 0.4) is 0 Å². The van der Waals surface area contributed by atoms with E-state index in [1.165, 1.54) is 0 Å². The van der Waals surface area contributed by atoms with Gasteiger partial charge in [-0.25, -0.2) is 0 Å². The molecule has 1 aromatic rings. The van der Waals surface area contributed by atoms with E-state index >= 15 is 0 Å². The Morgan fingerprint density at radius 3 is 2.57 bits per heavy atom. The SMILES string of the molecule is C=CCN(CC=C)C(=O)CNC(CC)c1cccc(Cl)c1. The van der Waals surface area contributed by atoms with Crippen molar-refractivity contribution in [3.05, 3.63) is 60.2 Å². The third-order valence-corrected chi connectivity index (χ3v) is 3.45. The third-order valence-electron chi connectivity index (χ3n) is 3.21. The van der Waals surface area contributed by atoms with Crippen molar-refractivity contribution in [3.8, 4) is 0 Å². The molecule has 0 aliphatic heterocycles. The summed E-state index contributed by atoms with van der Waals surface area (Å²) in [5.74, 6) is 0.0373. The lowest BCUT2D eigenvalue weighted by Gasteiger charge is -2.22. The maximum absolute atomic E-state index is 12.2. The number of nitrogens with zero attached hydrogens (tertiary/aromatic N) is 1. The normalized spacial score (nSPS) is 11.7. The third kappa shape index (κ3) is 5.74. The van der Waals surface area contributed by atoms with Crippen molar-refractivity contribution in [2.24, 2.45) is 0 Å². The molecule has 0 bridgehead atoms. The zero-order valence-corrected chi connectivity index (χ0v) is 13.3. The van der Waals surface area contributed by atoms with Crippen LogP contribution >= 0.6 is 11.6 Å². The van der Waals surface area contributed by atoms with Crippen molar-refractivity contribution in [1.29, 1.82) is 0 Å². The lowest BCUT2D eigenvalue weighted by molar-refractivity contribution is -0.129. The highest BCUT2D eigenvalue weighted by molar-refractivity contribution is 6.30. The number of rotatable bonds is 9. The first-order valence-corrected chi connectivity index (χ1v) is 7.48. The molecule has 1 amide bonds. The Balaban J connectivity index is 2.63. The molecule has 1 rings (SSSR count). The van der Waals surface area contributed by atoms with E-state index in [4.69, 9.17) is 11.6 Å². The first-order chi connectivity index (χ1) is 10.1. The van der Waals surface area contributed by atoms with Crippen molar-refractivity contribution in [1.82, 2.24) is 10.2 Å². The molecule has 114 valence electrons. The van der Waals surface area contributed by atoms with Gasteiger partial charge in [0.15, 0.2) is 0 Å². The number of carbonyl (C=O) groups excluding carboxylic acids is 1. The minimum absolute atomic E-state index is 0.0373. The van der Waals surface area contributed by atoms with Crippen LogP contribution in [0.1, 0.15) is 24.9 Å². The van der Waals surface area contributed by atoms with Crippen molar-refractivity contribution >= 4 is 17.5 Å². The lowest BCUT2D eigenvalue weighted by Crippen LogP contribution is -2.39. The van der Waals surface area contributed by atoms with Gasteiger partial charge in [-0.15, -0.1) is 13.2 Å². The van der Waals surface area contributed by atoms with Crippen LogP contribution in [0.15, 0.2) is 49.6 Å². The van der Waals surface area contributed by atoms with Crippen LogP contribution in [-0.4, -0.2) is 30.4 Å². The molecule has 0 aliphatic carbocycles. The van der Waals surface area contributed by atoms with E-state index in [0.717, 1.165) is 12.0 Å². The average Bonchev–Trinajstić information content (AvgIpc) is 2.47. The zero-order chi connectivity index (χ0) is 15.7. The molecular formula is C17H23ClN2O. The molecule has 21 heavy (non-hydrogen) atoms. The molecule has 1 aromatic carbocycles. The molecule has 0 spiro atoms. The molecule has 1 unspecified atom stereocenters. The number of halogens is 1. The van der Waals surface area contributed by atoms with Gasteiger partial charge in [0, 0.05) is 24.2 Å². The summed E-state index contributed by atoms with van der Waals surface area (Å²) in [7, 11) is 0. The monoisotopic (exact) mass is 306 g/mol. The molecule has 3 nitrogen and oxygen atoms in total. The number of carbonyl (C=O) groups is 1. The fourth-order valence-corrected chi connectivity index (χ4v) is 2.33. The first-order valence-electron chi connectivity index (χ1n) is 7.10. The zero-order valence-electron chi connectivity index (χ0n) is 12.5. The molecule has 4 heteroatoms. The first kappa shape index (κ1) is 17.5. The number of benzene rings is 1. The molecule has 0 saturated heterocycles. The minimum atomic E-state index is 0.0373. The smallest absolute Gasteiger partial charge is 0.237 e. The molecule has 0 aromatic heterocycles. The Labute approximate surface area is 132 Å². The van der Waals surface area contributed by atoms with Crippen LogP contribution in [0.4, 0.5) is 0 Å². The van der Waals surface area contributed by atoms with Gasteiger partial charge in [-0.1, -0.05) is 42.8 Å². The summed E-state index contributed by atoms with van der Waals surface area (Å²) in [6.07, 6.45) is 4.32. The molecule has 1 N–H and O–H groups in total. The van der Waals surface area contributed by atoms with Crippen LogP contribution in [0, 0.1) is 0 Å². The van der Waals surface area contributed by atoms with Crippen LogP contribution in [0.2, 0.25) is 5.02 Å². The maximum atomic E-state index is 12.2. The highest BCUT2D eigenvalue weighted by atomic mass is 35.5. The Bertz CT molecular complexity index is 477. The number of hydrogen-bond acceptors (Lipinski definition) is 2. The van der Waals surface area contributed by atoms with E-state index in [1.807, 2.05) is 24.3 Å². The highest BCUT2D eigenvalue weighted by Crippen LogP contribution is 2.20. The summed E-state index contributed by atoms with van der Waals surface area (Å²) >= 11 is 6.02. The molecule has 0 fully saturated rings. The highest BCUT2D eigenvalue weighted by Gasteiger charge is 2.14. The fourth-order valence-electron chi connectivity index (χ4n) is 2.13. The summed E-state index contributed by atoms with van der Waals surface area (Å²) in [6, 6.07) is 7.83. The summed E-state index contributed by atoms with van der Waals surface area (Å²) in [5, 5.41) is 4.00. The van der Waals surface area contributed by atoms with Gasteiger partial charge < -0.3 is 10.2 Å². The minimum Gasteiger partial charge on any atom is -0.334 e. The quantitative estimate of drug-likeness (QED) is 0.707. The van der Waals surface area contributed by atoms with E-state index < -0.39 is 0 Å². The molecular weight excluding hydrogens is 284 g/mol. The maximum Gasteiger partial charge on any atom is 0.237 e. The molecule has 0 heterocycles. The topological polar surface area (TPSA) is 32.3 Å². The van der Waals surface area contributed by atoms with Gasteiger partial charge in [0.25, 0.3) is 0 Å². The number of hydrogen-bond donors (Lipinski definition) is 1. The average molecular weight is 307 g/mol. The van der Waals surface area contributed by atoms with Crippen molar-refractivity contribution in [2.75, 3.05) is 19.6 Å². The number of nitrogens with one attached hydrogen (secondary N) is 1. The summed E-state index contributed by atoms with van der Waals surface area (Å²) in [5.41, 5.74) is 1.09. The van der Waals surface area contributed by atoms with Crippen molar-refractivity contribution in [2.45, 2.75) is 19.4 Å². The lowest BCUT2D eigenvalue weighted by atomic mass is 10.0. The van der Waals surface area contributed by atoms with Crippen molar-refractivity contribution in [3.63, 3.8) is 0 Å². The van der Waals surface area contributed by atoms with Gasteiger partial charge in [0.05, 0.1) is 6.54 Å². The molecule has 0 aliphatic rings. The van der Waals surface area contributed by atoms with Crippen molar-refractivity contribution < 1.29 is 4.79 Å². The van der Waals surface area contributed by atoms with Gasteiger partial charge in [-0.05, 0) is 24.1 Å². The Morgan fingerprint density at radius 1 is 1.38 bits per heavy atom. The van der Waals surface area contributed by atoms with Gasteiger partial charge >= 0.3 is 0 Å². The van der Waals surface area contributed by atoms with Gasteiger partial charge in [0.1, 0.15) is 0 Å². The van der Waals surface area contributed by atoms with E-state index in [1.54, 1.807) is 17.1 Å². The van der Waals surface area contributed by atoms with Crippen LogP contribution in [0.25, 0.3) is 0 Å². The summed E-state index contributed by atoms with van der Waals surface area (Å²) in [4.78, 5) is 13.9. The standard InChI is InChI=1S/C17H23ClN2O/c1-4-10-20(11-5-2)17(21)13-19-16(6-3)14-8-7-9-15(18)12-14/h4-5,7-9,12,16,19H,1-2,6,10-11,13H2,3H3.